The average Bonchev–Trinajstić information content (AvgIpc) is 2.57. The summed E-state index contributed by atoms with van der Waals surface area (Å²) in [7, 11) is 1.86. The number of anilines is 1. The Morgan fingerprint density at radius 1 is 1.33 bits per heavy atom. The predicted molar refractivity (Wildman–Crippen MR) is 56.8 cm³/mol. The number of aryl methyl sites for hydroxylation is 2. The highest BCUT2D eigenvalue weighted by Gasteiger charge is 2.11. The third-order valence-electron chi connectivity index (χ3n) is 2.10. The topological polar surface area (TPSA) is 81.7 Å². The molecule has 0 saturated heterocycles. The standard InChI is InChI=1S/C9H12N6/c1-6-7(5-15(2)14-6)8-9(13-10)12-4-3-11-8/h3-5H,10H2,1-2H3,(H,12,13). The number of hydrogen-bond donors (Lipinski definition) is 2. The molecular formula is C9H12N6. The van der Waals surface area contributed by atoms with E-state index in [0.717, 1.165) is 11.3 Å². The van der Waals surface area contributed by atoms with E-state index in [-0.39, 0.29) is 0 Å². The maximum Gasteiger partial charge on any atom is 0.166 e. The van der Waals surface area contributed by atoms with Gasteiger partial charge in [0.2, 0.25) is 0 Å². The maximum absolute atomic E-state index is 5.37. The number of nitrogen functional groups attached to an aromatic ring is 1. The van der Waals surface area contributed by atoms with Gasteiger partial charge in [0.05, 0.1) is 5.69 Å². The molecule has 6 nitrogen and oxygen atoms in total. The zero-order chi connectivity index (χ0) is 10.8. The number of nitrogens with two attached hydrogens (primary N) is 1. The summed E-state index contributed by atoms with van der Waals surface area (Å²) in [6.07, 6.45) is 5.10. The van der Waals surface area contributed by atoms with Crippen LogP contribution in [0.1, 0.15) is 5.69 Å². The molecule has 2 heterocycles. The lowest BCUT2D eigenvalue weighted by Gasteiger charge is -2.04. The first-order chi connectivity index (χ1) is 7.22. The Morgan fingerprint density at radius 3 is 2.67 bits per heavy atom. The van der Waals surface area contributed by atoms with Gasteiger partial charge in [-0.2, -0.15) is 5.10 Å². The van der Waals surface area contributed by atoms with Gasteiger partial charge in [0, 0.05) is 31.2 Å². The summed E-state index contributed by atoms with van der Waals surface area (Å²) in [6, 6.07) is 0. The minimum Gasteiger partial charge on any atom is -0.307 e. The van der Waals surface area contributed by atoms with Gasteiger partial charge >= 0.3 is 0 Å². The van der Waals surface area contributed by atoms with Gasteiger partial charge in [0.25, 0.3) is 0 Å². The van der Waals surface area contributed by atoms with Crippen LogP contribution in [-0.4, -0.2) is 19.7 Å². The number of nitrogens with zero attached hydrogens (tertiary/aromatic N) is 4. The lowest BCUT2D eigenvalue weighted by Crippen LogP contribution is -2.10. The largest absolute Gasteiger partial charge is 0.307 e. The number of hydrogen-bond acceptors (Lipinski definition) is 5. The quantitative estimate of drug-likeness (QED) is 0.549. The molecule has 0 unspecified atom stereocenters. The van der Waals surface area contributed by atoms with Crippen LogP contribution >= 0.6 is 0 Å². The van der Waals surface area contributed by atoms with Crippen molar-refractivity contribution in [3.63, 3.8) is 0 Å². The molecule has 0 aliphatic heterocycles. The molecular weight excluding hydrogens is 192 g/mol. The summed E-state index contributed by atoms with van der Waals surface area (Å²) >= 11 is 0. The summed E-state index contributed by atoms with van der Waals surface area (Å²) in [5, 5.41) is 4.24. The molecule has 78 valence electrons. The normalized spacial score (nSPS) is 10.3. The molecule has 0 fully saturated rings. The molecule has 0 spiro atoms. The molecule has 15 heavy (non-hydrogen) atoms. The van der Waals surface area contributed by atoms with Crippen LogP contribution in [0.5, 0.6) is 0 Å². The van der Waals surface area contributed by atoms with E-state index in [1.165, 1.54) is 0 Å². The van der Waals surface area contributed by atoms with Crippen LogP contribution < -0.4 is 11.3 Å². The van der Waals surface area contributed by atoms with E-state index in [4.69, 9.17) is 5.84 Å². The van der Waals surface area contributed by atoms with E-state index in [1.54, 1.807) is 17.1 Å². The van der Waals surface area contributed by atoms with E-state index in [1.807, 2.05) is 20.2 Å². The van der Waals surface area contributed by atoms with Gasteiger partial charge in [-0.1, -0.05) is 0 Å². The van der Waals surface area contributed by atoms with Crippen LogP contribution in [0.25, 0.3) is 11.3 Å². The van der Waals surface area contributed by atoms with E-state index < -0.39 is 0 Å². The Hall–Kier alpha value is -1.95. The summed E-state index contributed by atoms with van der Waals surface area (Å²) in [5.74, 6) is 5.91. The molecule has 0 aliphatic rings. The Morgan fingerprint density at radius 2 is 2.07 bits per heavy atom. The molecule has 2 aromatic heterocycles. The summed E-state index contributed by atoms with van der Waals surface area (Å²) in [5.41, 5.74) is 5.06. The molecule has 6 heteroatoms. The molecule has 0 radical (unpaired) electrons. The molecule has 0 atom stereocenters. The van der Waals surface area contributed by atoms with Crippen molar-refractivity contribution >= 4 is 5.82 Å². The number of aromatic nitrogens is 4. The first-order valence-electron chi connectivity index (χ1n) is 4.50. The molecule has 2 aromatic rings. The SMILES string of the molecule is Cc1nn(C)cc1-c1nccnc1NN. The molecule has 0 amide bonds. The van der Waals surface area contributed by atoms with Crippen LogP contribution in [-0.2, 0) is 7.05 Å². The zero-order valence-corrected chi connectivity index (χ0v) is 8.60. The first kappa shape index (κ1) is 9.60. The Bertz CT molecular complexity index is 475. The highest BCUT2D eigenvalue weighted by molar-refractivity contribution is 5.71. The second-order valence-corrected chi connectivity index (χ2v) is 3.20. The predicted octanol–water partition coefficient (Wildman–Crippen LogP) is 0.471. The van der Waals surface area contributed by atoms with E-state index in [2.05, 4.69) is 20.5 Å². The number of nitrogens with one attached hydrogen (secondary N) is 1. The summed E-state index contributed by atoms with van der Waals surface area (Å²) < 4.78 is 1.74. The fraction of sp³-hybridized carbons (Fsp3) is 0.222. The van der Waals surface area contributed by atoms with Gasteiger partial charge in [-0.25, -0.2) is 10.8 Å². The molecule has 0 aliphatic carbocycles. The van der Waals surface area contributed by atoms with Crippen molar-refractivity contribution in [2.45, 2.75) is 6.92 Å². The fourth-order valence-corrected chi connectivity index (χ4v) is 1.47. The van der Waals surface area contributed by atoms with Gasteiger partial charge in [0.15, 0.2) is 5.82 Å². The lowest BCUT2D eigenvalue weighted by molar-refractivity contribution is 0.756. The number of rotatable bonds is 2. The molecule has 0 aromatic carbocycles. The van der Waals surface area contributed by atoms with Crippen LogP contribution in [0.15, 0.2) is 18.6 Å². The molecule has 0 bridgehead atoms. The van der Waals surface area contributed by atoms with Gasteiger partial charge in [-0.05, 0) is 6.92 Å². The molecule has 3 N–H and O–H groups in total. The van der Waals surface area contributed by atoms with Crippen molar-refractivity contribution in [3.8, 4) is 11.3 Å². The van der Waals surface area contributed by atoms with Crippen LogP contribution in [0.2, 0.25) is 0 Å². The van der Waals surface area contributed by atoms with Gasteiger partial charge in [0.1, 0.15) is 5.69 Å². The lowest BCUT2D eigenvalue weighted by atomic mass is 10.2. The Balaban J connectivity index is 2.58. The van der Waals surface area contributed by atoms with Crippen LogP contribution in [0, 0.1) is 6.92 Å². The third-order valence-corrected chi connectivity index (χ3v) is 2.10. The summed E-state index contributed by atoms with van der Waals surface area (Å²) in [6.45, 7) is 1.92. The van der Waals surface area contributed by atoms with Crippen LogP contribution in [0.4, 0.5) is 5.82 Å². The van der Waals surface area contributed by atoms with Gasteiger partial charge in [-0.15, -0.1) is 0 Å². The third kappa shape index (κ3) is 1.66. The van der Waals surface area contributed by atoms with Crippen molar-refractivity contribution in [2.24, 2.45) is 12.9 Å². The smallest absolute Gasteiger partial charge is 0.166 e. The second kappa shape index (κ2) is 3.66. The van der Waals surface area contributed by atoms with Gasteiger partial charge < -0.3 is 5.43 Å². The minimum absolute atomic E-state index is 0.550. The highest BCUT2D eigenvalue weighted by atomic mass is 15.3. The molecule has 2 rings (SSSR count). The van der Waals surface area contributed by atoms with E-state index >= 15 is 0 Å². The Labute approximate surface area is 87.1 Å². The van der Waals surface area contributed by atoms with Gasteiger partial charge in [-0.3, -0.25) is 9.67 Å². The number of hydrazine groups is 1. The van der Waals surface area contributed by atoms with Crippen LogP contribution in [0.3, 0.4) is 0 Å². The minimum atomic E-state index is 0.550. The first-order valence-corrected chi connectivity index (χ1v) is 4.50. The zero-order valence-electron chi connectivity index (χ0n) is 8.60. The van der Waals surface area contributed by atoms with E-state index in [0.29, 0.717) is 11.5 Å². The van der Waals surface area contributed by atoms with Crippen molar-refractivity contribution in [1.82, 2.24) is 19.7 Å². The summed E-state index contributed by atoms with van der Waals surface area (Å²) in [4.78, 5) is 8.32. The van der Waals surface area contributed by atoms with Crippen molar-refractivity contribution in [3.05, 3.63) is 24.3 Å². The molecule has 0 saturated carbocycles. The maximum atomic E-state index is 5.37. The van der Waals surface area contributed by atoms with Crippen molar-refractivity contribution in [1.29, 1.82) is 0 Å². The van der Waals surface area contributed by atoms with E-state index in [9.17, 15) is 0 Å². The monoisotopic (exact) mass is 204 g/mol. The van der Waals surface area contributed by atoms with Crippen molar-refractivity contribution < 1.29 is 0 Å². The van der Waals surface area contributed by atoms with Crippen molar-refractivity contribution in [2.75, 3.05) is 5.43 Å². The average molecular weight is 204 g/mol. The Kier molecular flexibility index (Phi) is 2.34. The second-order valence-electron chi connectivity index (χ2n) is 3.20. The fourth-order valence-electron chi connectivity index (χ4n) is 1.47. The highest BCUT2D eigenvalue weighted by Crippen LogP contribution is 2.24.